The fraction of sp³-hybridized carbons (Fsp3) is 0.571. The number of nitrogens with zero attached hydrogens (tertiary/aromatic N) is 1. The van der Waals surface area contributed by atoms with Gasteiger partial charge in [-0.05, 0) is 15.9 Å². The number of carbonyl (C=O) groups excluding carboxylic acids is 2. The summed E-state index contributed by atoms with van der Waals surface area (Å²) in [6.07, 6.45) is -0.854. The van der Waals surface area contributed by atoms with E-state index in [9.17, 15) is 9.59 Å². The fourth-order valence-electron chi connectivity index (χ4n) is 0.882. The summed E-state index contributed by atoms with van der Waals surface area (Å²) in [7, 11) is 0. The van der Waals surface area contributed by atoms with E-state index in [0.29, 0.717) is 5.75 Å². The highest BCUT2D eigenvalue weighted by molar-refractivity contribution is 9.10. The zero-order chi connectivity index (χ0) is 11.3. The van der Waals surface area contributed by atoms with E-state index in [1.807, 2.05) is 0 Å². The first kappa shape index (κ1) is 12.3. The first-order chi connectivity index (χ1) is 7.04. The molecule has 0 saturated carbocycles. The van der Waals surface area contributed by atoms with Crippen molar-refractivity contribution < 1.29 is 14.3 Å². The van der Waals surface area contributed by atoms with Gasteiger partial charge in [0.1, 0.15) is 6.61 Å². The Kier molecular flexibility index (Phi) is 4.40. The van der Waals surface area contributed by atoms with Crippen molar-refractivity contribution in [3.05, 3.63) is 0 Å². The van der Waals surface area contributed by atoms with E-state index in [-0.39, 0.29) is 19.1 Å². The molecule has 0 spiro atoms. The minimum atomic E-state index is -0.885. The van der Waals surface area contributed by atoms with Crippen LogP contribution in [0.1, 0.15) is 0 Å². The minimum absolute atomic E-state index is 0.0566. The van der Waals surface area contributed by atoms with Crippen LogP contribution in [0.25, 0.3) is 0 Å². The molecule has 1 aliphatic heterocycles. The number of alkyl halides is 1. The molecule has 1 unspecified atom stereocenters. The van der Waals surface area contributed by atoms with Crippen LogP contribution in [-0.4, -0.2) is 40.9 Å². The second kappa shape index (κ2) is 5.36. The number of nitrogens with two attached hydrogens (primary N) is 1. The predicted molar refractivity (Wildman–Crippen MR) is 61.2 cm³/mol. The number of rotatable bonds is 4. The van der Waals surface area contributed by atoms with Crippen LogP contribution in [0.5, 0.6) is 0 Å². The molecule has 1 heterocycles. The second-order valence-corrected chi connectivity index (χ2v) is 4.87. The summed E-state index contributed by atoms with van der Waals surface area (Å²) in [4.78, 5) is 25.8. The summed E-state index contributed by atoms with van der Waals surface area (Å²) in [6, 6.07) is 0. The normalized spacial score (nSPS) is 23.8. The van der Waals surface area contributed by atoms with Crippen molar-refractivity contribution in [2.45, 2.75) is 4.45 Å². The predicted octanol–water partition coefficient (Wildman–Crippen LogP) is 0.0642. The van der Waals surface area contributed by atoms with Crippen molar-refractivity contribution in [2.75, 3.05) is 18.9 Å². The summed E-state index contributed by atoms with van der Waals surface area (Å²) in [5.74, 6) is 0.298. The first-order valence-corrected chi connectivity index (χ1v) is 5.93. The number of halogens is 1. The van der Waals surface area contributed by atoms with Crippen LogP contribution >= 0.6 is 27.7 Å². The zero-order valence-corrected chi connectivity index (χ0v) is 10.1. The smallest absolute Gasteiger partial charge is 0.404 e. The molecule has 0 radical (unpaired) electrons. The second-order valence-electron chi connectivity index (χ2n) is 2.73. The molecule has 0 aromatic rings. The average Bonchev–Trinajstić information content (AvgIpc) is 2.60. The maximum atomic E-state index is 11.6. The van der Waals surface area contributed by atoms with E-state index in [2.05, 4.69) is 31.0 Å². The third-order valence-electron chi connectivity index (χ3n) is 1.59. The molecule has 0 aromatic heterocycles. The topological polar surface area (TPSA) is 93.8 Å². The Morgan fingerprint density at radius 2 is 2.47 bits per heavy atom. The van der Waals surface area contributed by atoms with Crippen molar-refractivity contribution in [1.29, 1.82) is 0 Å². The van der Waals surface area contributed by atoms with Gasteiger partial charge in [-0.15, -0.1) is 11.8 Å². The van der Waals surface area contributed by atoms with Crippen molar-refractivity contribution in [2.24, 2.45) is 10.7 Å². The molecule has 0 bridgehead atoms. The number of carbonyl (C=O) groups is 2. The minimum Gasteiger partial charge on any atom is -0.448 e. The summed E-state index contributed by atoms with van der Waals surface area (Å²) >= 11 is 4.68. The Hall–Kier alpha value is -0.760. The summed E-state index contributed by atoms with van der Waals surface area (Å²) in [6.45, 7) is 0.274. The van der Waals surface area contributed by atoms with Crippen molar-refractivity contribution in [3.63, 3.8) is 0 Å². The van der Waals surface area contributed by atoms with Gasteiger partial charge >= 0.3 is 6.09 Å². The number of hydrogen-bond donors (Lipinski definition) is 2. The van der Waals surface area contributed by atoms with Gasteiger partial charge in [0.05, 0.1) is 12.1 Å². The quantitative estimate of drug-likeness (QED) is 0.436. The van der Waals surface area contributed by atoms with E-state index >= 15 is 0 Å². The summed E-state index contributed by atoms with van der Waals surface area (Å²) in [5.41, 5.74) is 6.37. The molecule has 8 heteroatoms. The molecule has 15 heavy (non-hydrogen) atoms. The standard InChI is InChI=1S/C7H10BrN3O3S/c8-7(3-15-4-11-7)5(12)10-1-2-14-6(9)13/h4H,1-3H2,(H2,9,13)(H,10,12). The number of nitrogens with one attached hydrogen (secondary N) is 1. The number of aliphatic imine (C=N–C) groups is 1. The third kappa shape index (κ3) is 3.71. The van der Waals surface area contributed by atoms with Gasteiger partial charge in [0.2, 0.25) is 4.45 Å². The van der Waals surface area contributed by atoms with E-state index in [4.69, 9.17) is 5.73 Å². The van der Waals surface area contributed by atoms with Crippen LogP contribution in [0.4, 0.5) is 4.79 Å². The van der Waals surface area contributed by atoms with Crippen LogP contribution in [0.15, 0.2) is 4.99 Å². The molecule has 0 saturated heterocycles. The van der Waals surface area contributed by atoms with Gasteiger partial charge in [-0.2, -0.15) is 0 Å². The van der Waals surface area contributed by atoms with Gasteiger partial charge in [-0.3, -0.25) is 9.79 Å². The molecule has 1 aliphatic rings. The number of primary amides is 1. The van der Waals surface area contributed by atoms with Crippen molar-refractivity contribution >= 4 is 45.2 Å². The lowest BCUT2D eigenvalue weighted by Gasteiger charge is -2.16. The maximum Gasteiger partial charge on any atom is 0.404 e. The van der Waals surface area contributed by atoms with E-state index in [1.54, 1.807) is 5.55 Å². The Bertz CT molecular complexity index is 299. The number of amides is 2. The molecule has 0 aliphatic carbocycles. The molecular formula is C7H10BrN3O3S. The lowest BCUT2D eigenvalue weighted by Crippen LogP contribution is -2.42. The Morgan fingerprint density at radius 1 is 1.73 bits per heavy atom. The van der Waals surface area contributed by atoms with Crippen molar-refractivity contribution in [3.8, 4) is 0 Å². The van der Waals surface area contributed by atoms with Crippen LogP contribution in [0.2, 0.25) is 0 Å². The number of hydrogen-bond acceptors (Lipinski definition) is 5. The summed E-state index contributed by atoms with van der Waals surface area (Å²) in [5, 5.41) is 2.57. The van der Waals surface area contributed by atoms with E-state index < -0.39 is 10.5 Å². The highest BCUT2D eigenvalue weighted by atomic mass is 79.9. The SMILES string of the molecule is NC(=O)OCCNC(=O)C1(Br)CSC=N1. The fourth-order valence-corrected chi connectivity index (χ4v) is 2.41. The molecule has 3 N–H and O–H groups in total. The lowest BCUT2D eigenvalue weighted by molar-refractivity contribution is -0.122. The van der Waals surface area contributed by atoms with E-state index in [1.165, 1.54) is 11.8 Å². The van der Waals surface area contributed by atoms with Crippen molar-refractivity contribution in [1.82, 2.24) is 5.32 Å². The average molecular weight is 296 g/mol. The van der Waals surface area contributed by atoms with Gasteiger partial charge in [0.15, 0.2) is 0 Å². The first-order valence-electron chi connectivity index (χ1n) is 4.09. The highest BCUT2D eigenvalue weighted by Crippen LogP contribution is 2.29. The van der Waals surface area contributed by atoms with Gasteiger partial charge in [-0.1, -0.05) is 0 Å². The Labute approximate surface area is 99.1 Å². The molecular weight excluding hydrogens is 286 g/mol. The lowest BCUT2D eigenvalue weighted by atomic mass is 10.3. The molecule has 1 rings (SSSR count). The number of thioether (sulfide) groups is 1. The molecule has 0 fully saturated rings. The number of ether oxygens (including phenoxy) is 1. The van der Waals surface area contributed by atoms with Crippen LogP contribution < -0.4 is 11.1 Å². The van der Waals surface area contributed by atoms with Crippen LogP contribution in [-0.2, 0) is 9.53 Å². The van der Waals surface area contributed by atoms with Gasteiger partial charge in [0, 0.05) is 5.75 Å². The van der Waals surface area contributed by atoms with Crippen LogP contribution in [0, 0.1) is 0 Å². The maximum absolute atomic E-state index is 11.6. The largest absolute Gasteiger partial charge is 0.448 e. The molecule has 6 nitrogen and oxygen atoms in total. The highest BCUT2D eigenvalue weighted by Gasteiger charge is 2.37. The summed E-state index contributed by atoms with van der Waals surface area (Å²) < 4.78 is 3.57. The molecule has 84 valence electrons. The van der Waals surface area contributed by atoms with Crippen LogP contribution in [0.3, 0.4) is 0 Å². The molecule has 2 amide bonds. The van der Waals surface area contributed by atoms with Gasteiger partial charge < -0.3 is 15.8 Å². The molecule has 0 aromatic carbocycles. The van der Waals surface area contributed by atoms with Gasteiger partial charge in [-0.25, -0.2) is 4.79 Å². The third-order valence-corrected chi connectivity index (χ3v) is 3.64. The Morgan fingerprint density at radius 3 is 3.00 bits per heavy atom. The zero-order valence-electron chi connectivity index (χ0n) is 7.73. The van der Waals surface area contributed by atoms with Gasteiger partial charge in [0.25, 0.3) is 5.91 Å². The monoisotopic (exact) mass is 295 g/mol. The Balaban J connectivity index is 2.24. The van der Waals surface area contributed by atoms with E-state index in [0.717, 1.165) is 0 Å². The molecule has 1 atom stereocenters.